The summed E-state index contributed by atoms with van der Waals surface area (Å²) in [4.78, 5) is 23.7. The zero-order chi connectivity index (χ0) is 23.4. The number of hydrogen-bond acceptors (Lipinski definition) is 5. The number of aliphatic hydroxyl groups is 1. The Morgan fingerprint density at radius 3 is 2.59 bits per heavy atom. The first kappa shape index (κ1) is 20.8. The normalized spacial score (nSPS) is 17.1. The van der Waals surface area contributed by atoms with Crippen LogP contribution < -0.4 is 10.2 Å². The summed E-state index contributed by atoms with van der Waals surface area (Å²) >= 11 is 0. The third kappa shape index (κ3) is 3.51. The molecule has 0 saturated carbocycles. The van der Waals surface area contributed by atoms with Crippen molar-refractivity contribution in [2.45, 2.75) is 31.8 Å². The molecule has 0 spiro atoms. The molecule has 0 atom stereocenters. The van der Waals surface area contributed by atoms with Crippen molar-refractivity contribution in [1.29, 1.82) is 0 Å². The van der Waals surface area contributed by atoms with E-state index in [0.717, 1.165) is 39.6 Å². The molecular weight excluding hydrogens is 433 g/mol. The van der Waals surface area contributed by atoms with Crippen LogP contribution in [-0.4, -0.2) is 44.1 Å². The van der Waals surface area contributed by atoms with E-state index in [1.165, 1.54) is 12.1 Å². The number of nitrogens with zero attached hydrogens (tertiary/aromatic N) is 4. The Hall–Kier alpha value is -3.78. The fourth-order valence-electron chi connectivity index (χ4n) is 4.85. The SMILES string of the molecule is CC1(O)CCN(c2nccn3c(-c4ccc5c(c4)CC(=O)N5)c(-c4ccc(F)cc4)nc23)CC1. The minimum absolute atomic E-state index is 0.0171. The number of nitrogens with one attached hydrogen (secondary N) is 1. The summed E-state index contributed by atoms with van der Waals surface area (Å²) < 4.78 is 15.7. The average Bonchev–Trinajstić information content (AvgIpc) is 3.38. The smallest absolute Gasteiger partial charge is 0.228 e. The van der Waals surface area contributed by atoms with E-state index in [1.807, 2.05) is 35.7 Å². The van der Waals surface area contributed by atoms with Gasteiger partial charge in [-0.15, -0.1) is 0 Å². The minimum Gasteiger partial charge on any atom is -0.390 e. The van der Waals surface area contributed by atoms with Gasteiger partial charge in [0.2, 0.25) is 5.91 Å². The highest BCUT2D eigenvalue weighted by Gasteiger charge is 2.30. The molecule has 0 aliphatic carbocycles. The van der Waals surface area contributed by atoms with Crippen molar-refractivity contribution in [3.8, 4) is 22.5 Å². The predicted octanol–water partition coefficient (Wildman–Crippen LogP) is 4.05. The van der Waals surface area contributed by atoms with Crippen molar-refractivity contribution in [3.63, 3.8) is 0 Å². The van der Waals surface area contributed by atoms with Crippen LogP contribution in [0.2, 0.25) is 0 Å². The lowest BCUT2D eigenvalue weighted by Crippen LogP contribution is -2.43. The number of amides is 1. The van der Waals surface area contributed by atoms with Crippen LogP contribution in [0.3, 0.4) is 0 Å². The van der Waals surface area contributed by atoms with E-state index in [9.17, 15) is 14.3 Å². The number of benzene rings is 2. The van der Waals surface area contributed by atoms with E-state index in [2.05, 4.69) is 15.2 Å². The number of hydrogen-bond donors (Lipinski definition) is 2. The van der Waals surface area contributed by atoms with Gasteiger partial charge in [-0.05, 0) is 61.7 Å². The van der Waals surface area contributed by atoms with Crippen molar-refractivity contribution in [2.75, 3.05) is 23.3 Å². The number of rotatable bonds is 3. The summed E-state index contributed by atoms with van der Waals surface area (Å²) in [6.45, 7) is 3.23. The number of anilines is 2. The first-order valence-electron chi connectivity index (χ1n) is 11.4. The number of imidazole rings is 1. The molecule has 2 N–H and O–H groups in total. The van der Waals surface area contributed by atoms with E-state index < -0.39 is 5.60 Å². The van der Waals surface area contributed by atoms with Crippen LogP contribution in [0.25, 0.3) is 28.2 Å². The van der Waals surface area contributed by atoms with Crippen LogP contribution >= 0.6 is 0 Å². The molecular formula is C26H24FN5O2. The Balaban J connectivity index is 1.54. The molecule has 1 amide bonds. The molecule has 2 aromatic carbocycles. The van der Waals surface area contributed by atoms with Crippen LogP contribution in [0.4, 0.5) is 15.9 Å². The van der Waals surface area contributed by atoms with Gasteiger partial charge >= 0.3 is 0 Å². The van der Waals surface area contributed by atoms with Gasteiger partial charge in [0.25, 0.3) is 0 Å². The van der Waals surface area contributed by atoms with Crippen molar-refractivity contribution < 1.29 is 14.3 Å². The molecule has 172 valence electrons. The average molecular weight is 458 g/mol. The first-order valence-corrected chi connectivity index (χ1v) is 11.4. The van der Waals surface area contributed by atoms with Crippen molar-refractivity contribution in [2.24, 2.45) is 0 Å². The second-order valence-electron chi connectivity index (χ2n) is 9.34. The Kier molecular flexibility index (Phi) is 4.67. The Morgan fingerprint density at radius 1 is 1.09 bits per heavy atom. The molecule has 4 aromatic rings. The molecule has 1 fully saturated rings. The number of carbonyl (C=O) groups excluding carboxylic acids is 1. The van der Waals surface area contributed by atoms with Gasteiger partial charge in [-0.3, -0.25) is 9.20 Å². The number of fused-ring (bicyclic) bond motifs is 2. The molecule has 8 heteroatoms. The summed E-state index contributed by atoms with van der Waals surface area (Å²) in [5.74, 6) is 0.432. The second kappa shape index (κ2) is 7.63. The largest absolute Gasteiger partial charge is 0.390 e. The van der Waals surface area contributed by atoms with Gasteiger partial charge in [0.1, 0.15) is 5.82 Å². The van der Waals surface area contributed by atoms with Crippen LogP contribution in [-0.2, 0) is 11.2 Å². The van der Waals surface area contributed by atoms with Gasteiger partial charge in [-0.2, -0.15) is 0 Å². The molecule has 7 nitrogen and oxygen atoms in total. The quantitative estimate of drug-likeness (QED) is 0.485. The molecule has 0 bridgehead atoms. The minimum atomic E-state index is -0.669. The summed E-state index contributed by atoms with van der Waals surface area (Å²) in [5, 5.41) is 13.3. The van der Waals surface area contributed by atoms with E-state index in [4.69, 9.17) is 4.98 Å². The van der Waals surface area contributed by atoms with Gasteiger partial charge < -0.3 is 15.3 Å². The molecule has 1 saturated heterocycles. The highest BCUT2D eigenvalue weighted by molar-refractivity contribution is 6.00. The van der Waals surface area contributed by atoms with E-state index >= 15 is 0 Å². The van der Waals surface area contributed by atoms with Gasteiger partial charge in [0, 0.05) is 42.3 Å². The van der Waals surface area contributed by atoms with Crippen LogP contribution in [0.1, 0.15) is 25.3 Å². The maximum absolute atomic E-state index is 13.7. The van der Waals surface area contributed by atoms with Crippen molar-refractivity contribution in [3.05, 3.63) is 66.2 Å². The lowest BCUT2D eigenvalue weighted by Gasteiger charge is -2.36. The molecule has 2 aromatic heterocycles. The molecule has 0 unspecified atom stereocenters. The monoisotopic (exact) mass is 457 g/mol. The number of aromatic nitrogens is 3. The molecule has 2 aliphatic rings. The van der Waals surface area contributed by atoms with E-state index in [-0.39, 0.29) is 11.7 Å². The number of carbonyl (C=O) groups is 1. The summed E-state index contributed by atoms with van der Waals surface area (Å²) in [6, 6.07) is 12.2. The van der Waals surface area contributed by atoms with Crippen LogP contribution in [0.5, 0.6) is 0 Å². The zero-order valence-corrected chi connectivity index (χ0v) is 18.8. The standard InChI is InChI=1S/C26H24FN5O2/c1-26(34)8-11-31(12-9-26)24-25-30-22(16-2-5-19(27)6-3-16)23(32(25)13-10-28-24)17-4-7-20-18(14-17)15-21(33)29-20/h2-7,10,13-14,34H,8-9,11-12,15H2,1H3,(H,29,33). The van der Waals surface area contributed by atoms with Crippen molar-refractivity contribution in [1.82, 2.24) is 14.4 Å². The number of halogens is 1. The maximum atomic E-state index is 13.7. The van der Waals surface area contributed by atoms with E-state index in [0.29, 0.717) is 38.0 Å². The van der Waals surface area contributed by atoms with Crippen LogP contribution in [0, 0.1) is 5.82 Å². The second-order valence-corrected chi connectivity index (χ2v) is 9.34. The highest BCUT2D eigenvalue weighted by Crippen LogP contribution is 2.38. The lowest BCUT2D eigenvalue weighted by atomic mass is 9.94. The van der Waals surface area contributed by atoms with Gasteiger partial charge in [-0.25, -0.2) is 14.4 Å². The van der Waals surface area contributed by atoms with Crippen molar-refractivity contribution >= 4 is 23.1 Å². The van der Waals surface area contributed by atoms with Crippen LogP contribution in [0.15, 0.2) is 54.9 Å². The Labute approximate surface area is 195 Å². The highest BCUT2D eigenvalue weighted by atomic mass is 19.1. The predicted molar refractivity (Wildman–Crippen MR) is 128 cm³/mol. The Morgan fingerprint density at radius 2 is 1.82 bits per heavy atom. The molecule has 2 aliphatic heterocycles. The topological polar surface area (TPSA) is 82.8 Å². The van der Waals surface area contributed by atoms with E-state index in [1.54, 1.807) is 18.3 Å². The molecule has 6 rings (SSSR count). The zero-order valence-electron chi connectivity index (χ0n) is 18.8. The molecule has 0 radical (unpaired) electrons. The lowest BCUT2D eigenvalue weighted by molar-refractivity contribution is -0.115. The fourth-order valence-corrected chi connectivity index (χ4v) is 4.85. The summed E-state index contributed by atoms with van der Waals surface area (Å²) in [5.41, 5.74) is 5.09. The summed E-state index contributed by atoms with van der Waals surface area (Å²) in [7, 11) is 0. The maximum Gasteiger partial charge on any atom is 0.228 e. The Bertz CT molecular complexity index is 1420. The number of piperidine rings is 1. The first-order chi connectivity index (χ1) is 16.4. The fraction of sp³-hybridized carbons (Fsp3) is 0.269. The molecule has 4 heterocycles. The third-order valence-electron chi connectivity index (χ3n) is 6.79. The third-order valence-corrected chi connectivity index (χ3v) is 6.79. The van der Waals surface area contributed by atoms with Gasteiger partial charge in [0.15, 0.2) is 11.5 Å². The summed E-state index contributed by atoms with van der Waals surface area (Å²) in [6.07, 6.45) is 5.28. The van der Waals surface area contributed by atoms with Gasteiger partial charge in [0.05, 0.1) is 23.4 Å². The van der Waals surface area contributed by atoms with Gasteiger partial charge in [-0.1, -0.05) is 6.07 Å². The molecule has 34 heavy (non-hydrogen) atoms.